The molecule has 4 heteroatoms. The molecule has 0 aromatic carbocycles. The van der Waals surface area contributed by atoms with Crippen molar-refractivity contribution >= 4 is 5.91 Å². The Morgan fingerprint density at radius 3 is 2.95 bits per heavy atom. The van der Waals surface area contributed by atoms with Gasteiger partial charge in [-0.1, -0.05) is 13.0 Å². The van der Waals surface area contributed by atoms with Gasteiger partial charge in [-0.15, -0.1) is 0 Å². The van der Waals surface area contributed by atoms with Gasteiger partial charge in [0.05, 0.1) is 17.7 Å². The van der Waals surface area contributed by atoms with E-state index >= 15 is 0 Å². The van der Waals surface area contributed by atoms with Crippen LogP contribution in [0.1, 0.15) is 31.9 Å². The Hall–Kier alpha value is -1.42. The third-order valence-corrected chi connectivity index (χ3v) is 4.07. The number of nitrogens with zero attached hydrogens (tertiary/aromatic N) is 2. The molecule has 1 atom stereocenters. The van der Waals surface area contributed by atoms with Crippen molar-refractivity contribution in [1.82, 2.24) is 15.2 Å². The van der Waals surface area contributed by atoms with Crippen LogP contribution in [0.15, 0.2) is 24.4 Å². The zero-order chi connectivity index (χ0) is 13.7. The predicted molar refractivity (Wildman–Crippen MR) is 75.5 cm³/mol. The predicted octanol–water partition coefficient (Wildman–Crippen LogP) is 1.82. The first kappa shape index (κ1) is 14.0. The standard InChI is InChI=1S/C15H23N3O/c1-3-15(8-6-9-16-12-15)14(19)18(2)11-13-7-4-5-10-17-13/h4-5,7,10,16H,3,6,8-9,11-12H2,1-2H3. The summed E-state index contributed by atoms with van der Waals surface area (Å²) in [7, 11) is 1.88. The molecule has 1 aromatic heterocycles. The van der Waals surface area contributed by atoms with Crippen molar-refractivity contribution in [2.75, 3.05) is 20.1 Å². The summed E-state index contributed by atoms with van der Waals surface area (Å²) in [6, 6.07) is 5.81. The van der Waals surface area contributed by atoms with E-state index in [1.807, 2.05) is 30.1 Å². The third-order valence-electron chi connectivity index (χ3n) is 4.07. The summed E-state index contributed by atoms with van der Waals surface area (Å²) in [4.78, 5) is 18.8. The molecule has 1 aliphatic heterocycles. The van der Waals surface area contributed by atoms with E-state index < -0.39 is 0 Å². The summed E-state index contributed by atoms with van der Waals surface area (Å²) < 4.78 is 0. The Morgan fingerprint density at radius 1 is 1.53 bits per heavy atom. The van der Waals surface area contributed by atoms with E-state index in [0.717, 1.165) is 38.0 Å². The van der Waals surface area contributed by atoms with Crippen LogP contribution in [-0.2, 0) is 11.3 Å². The maximum absolute atomic E-state index is 12.7. The Labute approximate surface area is 115 Å². The average molecular weight is 261 g/mol. The largest absolute Gasteiger partial charge is 0.339 e. The van der Waals surface area contributed by atoms with E-state index in [1.165, 1.54) is 0 Å². The lowest BCUT2D eigenvalue weighted by Gasteiger charge is -2.38. The lowest BCUT2D eigenvalue weighted by atomic mass is 9.77. The molecule has 1 aromatic rings. The Morgan fingerprint density at radius 2 is 2.37 bits per heavy atom. The van der Waals surface area contributed by atoms with Gasteiger partial charge in [0, 0.05) is 19.8 Å². The van der Waals surface area contributed by atoms with Gasteiger partial charge in [-0.05, 0) is 37.9 Å². The van der Waals surface area contributed by atoms with Crippen molar-refractivity contribution < 1.29 is 4.79 Å². The minimum Gasteiger partial charge on any atom is -0.339 e. The van der Waals surface area contributed by atoms with Gasteiger partial charge in [-0.2, -0.15) is 0 Å². The van der Waals surface area contributed by atoms with Crippen LogP contribution < -0.4 is 5.32 Å². The molecule has 1 unspecified atom stereocenters. The number of hydrogen-bond acceptors (Lipinski definition) is 3. The highest BCUT2D eigenvalue weighted by Gasteiger charge is 2.39. The summed E-state index contributed by atoms with van der Waals surface area (Å²) in [5.41, 5.74) is 0.718. The molecule has 0 radical (unpaired) electrons. The second kappa shape index (κ2) is 6.15. The van der Waals surface area contributed by atoms with Gasteiger partial charge in [0.25, 0.3) is 0 Å². The van der Waals surface area contributed by atoms with E-state index in [-0.39, 0.29) is 11.3 Å². The summed E-state index contributed by atoms with van der Waals surface area (Å²) in [5.74, 6) is 0.243. The highest BCUT2D eigenvalue weighted by Crippen LogP contribution is 2.32. The van der Waals surface area contributed by atoms with E-state index in [0.29, 0.717) is 6.54 Å². The zero-order valence-electron chi connectivity index (χ0n) is 11.9. The number of carbonyl (C=O) groups is 1. The fourth-order valence-corrected chi connectivity index (χ4v) is 2.81. The van der Waals surface area contributed by atoms with Crippen molar-refractivity contribution in [3.63, 3.8) is 0 Å². The van der Waals surface area contributed by atoms with Crippen LogP contribution in [0.5, 0.6) is 0 Å². The summed E-state index contributed by atoms with van der Waals surface area (Å²) >= 11 is 0. The van der Waals surface area contributed by atoms with Gasteiger partial charge in [-0.3, -0.25) is 9.78 Å². The summed E-state index contributed by atoms with van der Waals surface area (Å²) in [6.45, 7) is 4.52. The van der Waals surface area contributed by atoms with Crippen molar-refractivity contribution in [2.45, 2.75) is 32.7 Å². The van der Waals surface area contributed by atoms with Crippen LogP contribution in [0.3, 0.4) is 0 Å². The number of hydrogen-bond donors (Lipinski definition) is 1. The fraction of sp³-hybridized carbons (Fsp3) is 0.600. The molecular weight excluding hydrogens is 238 g/mol. The van der Waals surface area contributed by atoms with Crippen LogP contribution in [0.25, 0.3) is 0 Å². The highest BCUT2D eigenvalue weighted by molar-refractivity contribution is 5.82. The van der Waals surface area contributed by atoms with Crippen molar-refractivity contribution in [2.24, 2.45) is 5.41 Å². The molecule has 104 valence electrons. The first-order chi connectivity index (χ1) is 9.18. The number of amides is 1. The highest BCUT2D eigenvalue weighted by atomic mass is 16.2. The van der Waals surface area contributed by atoms with Crippen molar-refractivity contribution in [3.05, 3.63) is 30.1 Å². The zero-order valence-corrected chi connectivity index (χ0v) is 11.9. The number of aromatic nitrogens is 1. The summed E-state index contributed by atoms with van der Waals surface area (Å²) in [6.07, 6.45) is 4.73. The monoisotopic (exact) mass is 261 g/mol. The van der Waals surface area contributed by atoms with Gasteiger partial charge in [0.2, 0.25) is 5.91 Å². The van der Waals surface area contributed by atoms with E-state index in [2.05, 4.69) is 17.2 Å². The Bertz CT molecular complexity index is 413. The van der Waals surface area contributed by atoms with Gasteiger partial charge < -0.3 is 10.2 Å². The first-order valence-corrected chi connectivity index (χ1v) is 7.04. The molecular formula is C15H23N3O. The lowest BCUT2D eigenvalue weighted by Crippen LogP contribution is -2.50. The molecule has 0 aliphatic carbocycles. The topological polar surface area (TPSA) is 45.2 Å². The Balaban J connectivity index is 2.05. The Kier molecular flexibility index (Phi) is 4.53. The molecule has 2 rings (SSSR count). The molecule has 0 bridgehead atoms. The van der Waals surface area contributed by atoms with Gasteiger partial charge in [0.1, 0.15) is 0 Å². The minimum absolute atomic E-state index is 0.220. The SMILES string of the molecule is CCC1(C(=O)N(C)Cc2ccccn2)CCCNC1. The number of pyridine rings is 1. The minimum atomic E-state index is -0.220. The number of carbonyl (C=O) groups excluding carboxylic acids is 1. The van der Waals surface area contributed by atoms with Crippen LogP contribution in [0, 0.1) is 5.41 Å². The molecule has 2 heterocycles. The fourth-order valence-electron chi connectivity index (χ4n) is 2.81. The average Bonchev–Trinajstić information content (AvgIpc) is 2.48. The van der Waals surface area contributed by atoms with E-state index in [4.69, 9.17) is 0 Å². The van der Waals surface area contributed by atoms with Crippen LogP contribution in [0.4, 0.5) is 0 Å². The van der Waals surface area contributed by atoms with Gasteiger partial charge in [0.15, 0.2) is 0 Å². The van der Waals surface area contributed by atoms with Crippen LogP contribution in [-0.4, -0.2) is 35.9 Å². The van der Waals surface area contributed by atoms with Crippen molar-refractivity contribution in [1.29, 1.82) is 0 Å². The number of rotatable bonds is 4. The second-order valence-electron chi connectivity index (χ2n) is 5.40. The molecule has 1 saturated heterocycles. The van der Waals surface area contributed by atoms with Gasteiger partial charge >= 0.3 is 0 Å². The quantitative estimate of drug-likeness (QED) is 0.899. The van der Waals surface area contributed by atoms with E-state index in [1.54, 1.807) is 6.20 Å². The maximum Gasteiger partial charge on any atom is 0.230 e. The maximum atomic E-state index is 12.7. The summed E-state index contributed by atoms with van der Waals surface area (Å²) in [5, 5.41) is 3.36. The number of nitrogens with one attached hydrogen (secondary N) is 1. The molecule has 1 aliphatic rings. The smallest absolute Gasteiger partial charge is 0.230 e. The van der Waals surface area contributed by atoms with E-state index in [9.17, 15) is 4.79 Å². The number of piperidine rings is 1. The lowest BCUT2D eigenvalue weighted by molar-refractivity contribution is -0.142. The normalized spacial score (nSPS) is 23.1. The van der Waals surface area contributed by atoms with Crippen molar-refractivity contribution in [3.8, 4) is 0 Å². The molecule has 19 heavy (non-hydrogen) atoms. The molecule has 1 N–H and O–H groups in total. The molecule has 0 spiro atoms. The molecule has 1 fully saturated rings. The molecule has 0 saturated carbocycles. The van der Waals surface area contributed by atoms with Crippen LogP contribution >= 0.6 is 0 Å². The second-order valence-corrected chi connectivity index (χ2v) is 5.40. The van der Waals surface area contributed by atoms with Crippen LogP contribution in [0.2, 0.25) is 0 Å². The molecule has 4 nitrogen and oxygen atoms in total. The molecule has 1 amide bonds. The third kappa shape index (κ3) is 3.13. The first-order valence-electron chi connectivity index (χ1n) is 7.04. The van der Waals surface area contributed by atoms with Gasteiger partial charge in [-0.25, -0.2) is 0 Å².